The minimum Gasteiger partial charge on any atom is -0.493 e. The van der Waals surface area contributed by atoms with Crippen LogP contribution < -0.4 is 25.6 Å². The minimum absolute atomic E-state index is 0.0396. The van der Waals surface area contributed by atoms with E-state index in [9.17, 15) is 14.4 Å². The number of carbonyl (C=O) groups is 3. The van der Waals surface area contributed by atoms with Gasteiger partial charge in [0.05, 0.1) is 24.6 Å². The van der Waals surface area contributed by atoms with Gasteiger partial charge in [0.25, 0.3) is 17.7 Å². The molecule has 0 saturated heterocycles. The van der Waals surface area contributed by atoms with Crippen LogP contribution in [0, 0.1) is 0 Å². The van der Waals surface area contributed by atoms with Gasteiger partial charge in [0.15, 0.2) is 11.5 Å². The molecule has 0 spiro atoms. The summed E-state index contributed by atoms with van der Waals surface area (Å²) in [4.78, 5) is 36.2. The number of thiophene rings is 1. The van der Waals surface area contributed by atoms with Crippen LogP contribution in [0.25, 0.3) is 0 Å². The monoisotopic (exact) mass is 391 g/mol. The van der Waals surface area contributed by atoms with Gasteiger partial charge in [0, 0.05) is 5.56 Å². The van der Waals surface area contributed by atoms with Crippen LogP contribution in [0.3, 0.4) is 0 Å². The van der Waals surface area contributed by atoms with Gasteiger partial charge in [-0.3, -0.25) is 25.2 Å². The van der Waals surface area contributed by atoms with Crippen molar-refractivity contribution in [2.24, 2.45) is 0 Å². The number of hydrogen-bond donors (Lipinski definition) is 3. The van der Waals surface area contributed by atoms with E-state index in [0.29, 0.717) is 16.4 Å². The molecule has 144 valence electrons. The van der Waals surface area contributed by atoms with Crippen molar-refractivity contribution in [1.82, 2.24) is 16.2 Å². The van der Waals surface area contributed by atoms with Gasteiger partial charge in [-0.15, -0.1) is 11.3 Å². The van der Waals surface area contributed by atoms with E-state index in [0.717, 1.165) is 0 Å². The Balaban J connectivity index is 1.85. The summed E-state index contributed by atoms with van der Waals surface area (Å²) in [6.07, 6.45) is -0.0396. The Bertz CT molecular complexity index is 805. The number of hydrogen-bond acceptors (Lipinski definition) is 6. The van der Waals surface area contributed by atoms with Crippen LogP contribution in [0.1, 0.15) is 33.9 Å². The molecule has 1 aromatic heterocycles. The number of rotatable bonds is 7. The molecule has 0 atom stereocenters. The third kappa shape index (κ3) is 6.00. The lowest BCUT2D eigenvalue weighted by Crippen LogP contribution is -2.46. The van der Waals surface area contributed by atoms with E-state index in [1.54, 1.807) is 29.6 Å². The lowest BCUT2D eigenvalue weighted by Gasteiger charge is -2.14. The maximum Gasteiger partial charge on any atom is 0.269 e. The van der Waals surface area contributed by atoms with Crippen LogP contribution in [-0.4, -0.2) is 37.5 Å². The van der Waals surface area contributed by atoms with Crippen LogP contribution in [0.5, 0.6) is 11.5 Å². The van der Waals surface area contributed by atoms with E-state index in [2.05, 4.69) is 16.2 Å². The van der Waals surface area contributed by atoms with Gasteiger partial charge < -0.3 is 14.8 Å². The van der Waals surface area contributed by atoms with E-state index in [1.807, 2.05) is 13.8 Å². The molecule has 3 N–H and O–H groups in total. The fourth-order valence-electron chi connectivity index (χ4n) is 2.06. The molecule has 27 heavy (non-hydrogen) atoms. The highest BCUT2D eigenvalue weighted by Gasteiger charge is 2.13. The van der Waals surface area contributed by atoms with E-state index in [4.69, 9.17) is 9.47 Å². The summed E-state index contributed by atoms with van der Waals surface area (Å²) >= 11 is 1.27. The molecule has 2 aromatic rings. The average Bonchev–Trinajstić information content (AvgIpc) is 3.18. The zero-order chi connectivity index (χ0) is 19.8. The third-order valence-corrected chi connectivity index (χ3v) is 4.13. The Hall–Kier alpha value is -3.07. The number of methoxy groups -OCH3 is 1. The minimum atomic E-state index is -0.556. The van der Waals surface area contributed by atoms with Crippen molar-refractivity contribution >= 4 is 29.1 Å². The van der Waals surface area contributed by atoms with Crippen molar-refractivity contribution in [2.45, 2.75) is 20.0 Å². The molecular weight excluding hydrogens is 370 g/mol. The molecule has 0 unspecified atom stereocenters. The molecule has 0 saturated carbocycles. The molecule has 3 amide bonds. The van der Waals surface area contributed by atoms with Crippen molar-refractivity contribution < 1.29 is 23.9 Å². The molecule has 0 fully saturated rings. The van der Waals surface area contributed by atoms with Gasteiger partial charge in [0.2, 0.25) is 0 Å². The normalized spacial score (nSPS) is 10.2. The second kappa shape index (κ2) is 9.58. The number of benzene rings is 1. The lowest BCUT2D eigenvalue weighted by atomic mass is 10.2. The fraction of sp³-hybridized carbons (Fsp3) is 0.278. The first-order valence-corrected chi connectivity index (χ1v) is 9.04. The second-order valence-corrected chi connectivity index (χ2v) is 6.64. The number of nitrogens with one attached hydrogen (secondary N) is 3. The molecule has 0 aliphatic rings. The van der Waals surface area contributed by atoms with Crippen molar-refractivity contribution in [3.8, 4) is 11.5 Å². The molecule has 1 aromatic carbocycles. The van der Waals surface area contributed by atoms with Gasteiger partial charge in [-0.2, -0.15) is 0 Å². The standard InChI is InChI=1S/C18H21N3O5S/c1-11(2)26-13-7-6-12(9-14(13)25-3)17(23)21-20-16(22)10-19-18(24)15-5-4-8-27-15/h4-9,11H,10H2,1-3H3,(H,19,24)(H,20,22)(H,21,23). The molecule has 0 radical (unpaired) electrons. The van der Waals surface area contributed by atoms with E-state index < -0.39 is 11.8 Å². The maximum absolute atomic E-state index is 12.2. The van der Waals surface area contributed by atoms with Crippen LogP contribution in [0.2, 0.25) is 0 Å². The van der Waals surface area contributed by atoms with E-state index >= 15 is 0 Å². The summed E-state index contributed by atoms with van der Waals surface area (Å²) in [5.41, 5.74) is 4.81. The molecule has 9 heteroatoms. The van der Waals surface area contributed by atoms with Gasteiger partial charge in [0.1, 0.15) is 0 Å². The Kier molecular flexibility index (Phi) is 7.18. The predicted octanol–water partition coefficient (Wildman–Crippen LogP) is 1.73. The highest BCUT2D eigenvalue weighted by atomic mass is 32.1. The summed E-state index contributed by atoms with van der Waals surface area (Å²) in [6.45, 7) is 3.50. The predicted molar refractivity (Wildman–Crippen MR) is 101 cm³/mol. The second-order valence-electron chi connectivity index (χ2n) is 5.69. The Labute approximate surface area is 160 Å². The molecule has 2 rings (SSSR count). The first kappa shape index (κ1) is 20.2. The number of carbonyl (C=O) groups excluding carboxylic acids is 3. The van der Waals surface area contributed by atoms with E-state index in [1.165, 1.54) is 24.5 Å². The topological polar surface area (TPSA) is 106 Å². The molecule has 0 aliphatic carbocycles. The molecule has 1 heterocycles. The summed E-state index contributed by atoms with van der Waals surface area (Å²) in [6, 6.07) is 8.08. The number of hydrazine groups is 1. The first-order valence-electron chi connectivity index (χ1n) is 8.16. The lowest BCUT2D eigenvalue weighted by molar-refractivity contribution is -0.120. The van der Waals surface area contributed by atoms with Crippen molar-refractivity contribution in [3.63, 3.8) is 0 Å². The summed E-state index contributed by atoms with van der Waals surface area (Å²) in [5.74, 6) is -0.505. The maximum atomic E-state index is 12.2. The van der Waals surface area contributed by atoms with Crippen molar-refractivity contribution in [2.75, 3.05) is 13.7 Å². The highest BCUT2D eigenvalue weighted by Crippen LogP contribution is 2.28. The van der Waals surface area contributed by atoms with Gasteiger partial charge in [-0.25, -0.2) is 0 Å². The average molecular weight is 391 g/mol. The van der Waals surface area contributed by atoms with Crippen LogP contribution in [-0.2, 0) is 4.79 Å². The zero-order valence-electron chi connectivity index (χ0n) is 15.2. The fourth-order valence-corrected chi connectivity index (χ4v) is 2.70. The summed E-state index contributed by atoms with van der Waals surface area (Å²) < 4.78 is 10.8. The van der Waals surface area contributed by atoms with Gasteiger partial charge in [-0.05, 0) is 43.5 Å². The zero-order valence-corrected chi connectivity index (χ0v) is 16.0. The Morgan fingerprint density at radius 2 is 1.85 bits per heavy atom. The smallest absolute Gasteiger partial charge is 0.269 e. The molecule has 8 nitrogen and oxygen atoms in total. The third-order valence-electron chi connectivity index (χ3n) is 3.26. The molecular formula is C18H21N3O5S. The Morgan fingerprint density at radius 1 is 1.07 bits per heavy atom. The summed E-state index contributed by atoms with van der Waals surface area (Å²) in [5, 5.41) is 4.23. The largest absolute Gasteiger partial charge is 0.493 e. The molecule has 0 aliphatic heterocycles. The van der Waals surface area contributed by atoms with Crippen LogP contribution >= 0.6 is 11.3 Å². The van der Waals surface area contributed by atoms with Crippen LogP contribution in [0.4, 0.5) is 0 Å². The first-order chi connectivity index (χ1) is 12.9. The van der Waals surface area contributed by atoms with Gasteiger partial charge >= 0.3 is 0 Å². The van der Waals surface area contributed by atoms with Crippen LogP contribution in [0.15, 0.2) is 35.7 Å². The van der Waals surface area contributed by atoms with Gasteiger partial charge in [-0.1, -0.05) is 6.07 Å². The molecule has 0 bridgehead atoms. The quantitative estimate of drug-likeness (QED) is 0.624. The number of amides is 3. The Morgan fingerprint density at radius 3 is 2.48 bits per heavy atom. The van der Waals surface area contributed by atoms with Crippen molar-refractivity contribution in [1.29, 1.82) is 0 Å². The number of ether oxygens (including phenoxy) is 2. The van der Waals surface area contributed by atoms with Crippen molar-refractivity contribution in [3.05, 3.63) is 46.2 Å². The SMILES string of the molecule is COc1cc(C(=O)NNC(=O)CNC(=O)c2cccs2)ccc1OC(C)C. The summed E-state index contributed by atoms with van der Waals surface area (Å²) in [7, 11) is 1.47. The highest BCUT2D eigenvalue weighted by molar-refractivity contribution is 7.12. The van der Waals surface area contributed by atoms with E-state index in [-0.39, 0.29) is 24.1 Å².